The van der Waals surface area contributed by atoms with Crippen LogP contribution in [-0.2, 0) is 11.3 Å². The second-order valence-corrected chi connectivity index (χ2v) is 6.32. The Morgan fingerprint density at radius 2 is 1.89 bits per heavy atom. The second-order valence-electron chi connectivity index (χ2n) is 6.32. The summed E-state index contributed by atoms with van der Waals surface area (Å²) in [4.78, 5) is 24.5. The highest BCUT2D eigenvalue weighted by atomic mass is 35.5. The summed E-state index contributed by atoms with van der Waals surface area (Å²) in [5.74, 6) is -0.377. The summed E-state index contributed by atoms with van der Waals surface area (Å²) in [6.45, 7) is 1.61. The van der Waals surface area contributed by atoms with E-state index in [4.69, 9.17) is 10.5 Å². The first-order valence-corrected chi connectivity index (χ1v) is 8.75. The number of nitrogen functional groups attached to an aromatic ring is 1. The molecule has 1 atom stereocenters. The highest BCUT2D eigenvalue weighted by molar-refractivity contribution is 5.99. The van der Waals surface area contributed by atoms with E-state index in [9.17, 15) is 9.59 Å². The predicted octanol–water partition coefficient (Wildman–Crippen LogP) is 2.53. The van der Waals surface area contributed by atoms with E-state index in [0.29, 0.717) is 29.9 Å². The van der Waals surface area contributed by atoms with Crippen LogP contribution in [0.1, 0.15) is 39.1 Å². The van der Waals surface area contributed by atoms with Gasteiger partial charge >= 0.3 is 0 Å². The number of benzene rings is 2. The fraction of sp³-hybridized carbons (Fsp3) is 0.300. The Balaban J connectivity index is 0.00000261. The molecular formula is C20H24ClN3O3. The molecule has 3 rings (SSSR count). The number of carbonyl (C=O) groups excluding carboxylic acids is 2. The third-order valence-electron chi connectivity index (χ3n) is 4.36. The zero-order valence-corrected chi connectivity index (χ0v) is 15.8. The molecular weight excluding hydrogens is 366 g/mol. The Morgan fingerprint density at radius 1 is 1.07 bits per heavy atom. The summed E-state index contributed by atoms with van der Waals surface area (Å²) in [7, 11) is 0. The number of nitrogens with two attached hydrogens (primary N) is 1. The van der Waals surface area contributed by atoms with Crippen LogP contribution in [-0.4, -0.2) is 31.1 Å². The quantitative estimate of drug-likeness (QED) is 0.662. The van der Waals surface area contributed by atoms with Crippen LogP contribution >= 0.6 is 12.4 Å². The van der Waals surface area contributed by atoms with Crippen LogP contribution in [0.4, 0.5) is 5.69 Å². The number of anilines is 1. The van der Waals surface area contributed by atoms with Gasteiger partial charge in [0.25, 0.3) is 11.8 Å². The van der Waals surface area contributed by atoms with Crippen LogP contribution in [0.25, 0.3) is 0 Å². The first-order chi connectivity index (χ1) is 12.6. The minimum absolute atomic E-state index is 0. The van der Waals surface area contributed by atoms with E-state index >= 15 is 0 Å². The van der Waals surface area contributed by atoms with E-state index in [0.717, 1.165) is 25.0 Å². The van der Waals surface area contributed by atoms with Gasteiger partial charge < -0.3 is 21.1 Å². The van der Waals surface area contributed by atoms with Crippen molar-refractivity contribution in [3.05, 3.63) is 65.2 Å². The maximum absolute atomic E-state index is 12.3. The molecule has 0 bridgehead atoms. The van der Waals surface area contributed by atoms with Gasteiger partial charge in [0.2, 0.25) is 0 Å². The first-order valence-electron chi connectivity index (χ1n) is 8.75. The molecule has 0 aliphatic carbocycles. The summed E-state index contributed by atoms with van der Waals surface area (Å²) < 4.78 is 5.51. The Hall–Kier alpha value is -2.57. The third kappa shape index (κ3) is 5.70. The lowest BCUT2D eigenvalue weighted by atomic mass is 10.1. The molecule has 1 saturated heterocycles. The van der Waals surface area contributed by atoms with Crippen LogP contribution < -0.4 is 16.4 Å². The molecule has 144 valence electrons. The molecule has 7 heteroatoms. The molecule has 1 aliphatic heterocycles. The van der Waals surface area contributed by atoms with Gasteiger partial charge in [0.05, 0.1) is 11.7 Å². The van der Waals surface area contributed by atoms with Gasteiger partial charge in [-0.15, -0.1) is 12.4 Å². The molecule has 1 unspecified atom stereocenters. The third-order valence-corrected chi connectivity index (χ3v) is 4.36. The van der Waals surface area contributed by atoms with Gasteiger partial charge in [-0.1, -0.05) is 24.3 Å². The molecule has 2 amide bonds. The van der Waals surface area contributed by atoms with E-state index in [-0.39, 0.29) is 30.3 Å². The van der Waals surface area contributed by atoms with Crippen molar-refractivity contribution in [1.29, 1.82) is 0 Å². The van der Waals surface area contributed by atoms with Crippen molar-refractivity contribution in [2.75, 3.05) is 18.9 Å². The minimum atomic E-state index is -0.240. The molecule has 1 fully saturated rings. The lowest BCUT2D eigenvalue weighted by molar-refractivity contribution is 0.0857. The predicted molar refractivity (Wildman–Crippen MR) is 107 cm³/mol. The number of para-hydroxylation sites is 1. The van der Waals surface area contributed by atoms with Gasteiger partial charge in [0.1, 0.15) is 0 Å². The lowest BCUT2D eigenvalue weighted by Crippen LogP contribution is -2.31. The maximum Gasteiger partial charge on any atom is 0.253 e. The van der Waals surface area contributed by atoms with E-state index in [1.807, 2.05) is 6.07 Å². The Bertz CT molecular complexity index is 792. The number of ether oxygens (including phenoxy) is 1. The molecule has 2 aromatic carbocycles. The smallest absolute Gasteiger partial charge is 0.253 e. The number of halogens is 1. The zero-order valence-electron chi connectivity index (χ0n) is 14.9. The number of carbonyl (C=O) groups is 2. The van der Waals surface area contributed by atoms with Crippen molar-refractivity contribution < 1.29 is 14.3 Å². The molecule has 0 radical (unpaired) electrons. The van der Waals surface area contributed by atoms with E-state index in [2.05, 4.69) is 10.6 Å². The van der Waals surface area contributed by atoms with Crippen molar-refractivity contribution >= 4 is 29.9 Å². The lowest BCUT2D eigenvalue weighted by Gasteiger charge is -2.12. The van der Waals surface area contributed by atoms with Crippen molar-refractivity contribution in [3.8, 4) is 0 Å². The summed E-state index contributed by atoms with van der Waals surface area (Å²) >= 11 is 0. The molecule has 6 nitrogen and oxygen atoms in total. The van der Waals surface area contributed by atoms with E-state index < -0.39 is 0 Å². The van der Waals surface area contributed by atoms with Gasteiger partial charge in [0, 0.05) is 30.9 Å². The summed E-state index contributed by atoms with van der Waals surface area (Å²) in [6.07, 6.45) is 2.13. The molecule has 2 aromatic rings. The van der Waals surface area contributed by atoms with Gasteiger partial charge in [-0.25, -0.2) is 0 Å². The van der Waals surface area contributed by atoms with Crippen molar-refractivity contribution in [1.82, 2.24) is 10.6 Å². The van der Waals surface area contributed by atoms with Gasteiger partial charge in [-0.3, -0.25) is 9.59 Å². The maximum atomic E-state index is 12.3. The van der Waals surface area contributed by atoms with Crippen molar-refractivity contribution in [3.63, 3.8) is 0 Å². The number of hydrogen-bond acceptors (Lipinski definition) is 4. The number of amides is 2. The molecule has 27 heavy (non-hydrogen) atoms. The van der Waals surface area contributed by atoms with Crippen LogP contribution in [0.5, 0.6) is 0 Å². The fourth-order valence-electron chi connectivity index (χ4n) is 2.92. The van der Waals surface area contributed by atoms with Crippen LogP contribution in [0.15, 0.2) is 48.5 Å². The molecule has 1 aliphatic rings. The fourth-order valence-corrected chi connectivity index (χ4v) is 2.92. The minimum Gasteiger partial charge on any atom is -0.398 e. The SMILES string of the molecule is Cl.Nc1ccccc1C(=O)NCc1cccc(C(=O)NCC2CCCO2)c1. The number of rotatable bonds is 6. The highest BCUT2D eigenvalue weighted by Gasteiger charge is 2.17. The number of nitrogens with one attached hydrogen (secondary N) is 2. The van der Waals surface area contributed by atoms with Crippen LogP contribution in [0.3, 0.4) is 0 Å². The number of hydrogen-bond donors (Lipinski definition) is 3. The molecule has 1 heterocycles. The average molecular weight is 390 g/mol. The monoisotopic (exact) mass is 389 g/mol. The first kappa shape index (κ1) is 20.7. The summed E-state index contributed by atoms with van der Waals surface area (Å²) in [5, 5.41) is 5.73. The highest BCUT2D eigenvalue weighted by Crippen LogP contribution is 2.12. The van der Waals surface area contributed by atoms with Gasteiger partial charge in [0.15, 0.2) is 0 Å². The zero-order chi connectivity index (χ0) is 18.4. The summed E-state index contributed by atoms with van der Waals surface area (Å²) in [5.41, 5.74) is 8.10. The molecule has 0 saturated carbocycles. The Kier molecular flexibility index (Phi) is 7.64. The standard InChI is InChI=1S/C20H23N3O3.ClH/c21-18-9-2-1-8-17(18)20(25)22-12-14-5-3-6-15(11-14)19(24)23-13-16-7-4-10-26-16;/h1-3,5-6,8-9,11,16H,4,7,10,12-13,21H2,(H,22,25)(H,23,24);1H. The van der Waals surface area contributed by atoms with Crippen molar-refractivity contribution in [2.24, 2.45) is 0 Å². The second kappa shape index (κ2) is 9.94. The Labute approximate surface area is 164 Å². The molecule has 0 aromatic heterocycles. The van der Waals surface area contributed by atoms with E-state index in [1.165, 1.54) is 0 Å². The van der Waals surface area contributed by atoms with Crippen molar-refractivity contribution in [2.45, 2.75) is 25.5 Å². The van der Waals surface area contributed by atoms with Gasteiger partial charge in [-0.05, 0) is 42.7 Å². The van der Waals surface area contributed by atoms with Gasteiger partial charge in [-0.2, -0.15) is 0 Å². The summed E-state index contributed by atoms with van der Waals surface area (Å²) in [6, 6.07) is 14.1. The van der Waals surface area contributed by atoms with E-state index in [1.54, 1.807) is 42.5 Å². The topological polar surface area (TPSA) is 93.5 Å². The largest absolute Gasteiger partial charge is 0.398 e. The molecule has 0 spiro atoms. The molecule has 4 N–H and O–H groups in total. The van der Waals surface area contributed by atoms with Crippen LogP contribution in [0.2, 0.25) is 0 Å². The average Bonchev–Trinajstić information content (AvgIpc) is 3.18. The normalized spacial score (nSPS) is 15.6. The Morgan fingerprint density at radius 3 is 2.63 bits per heavy atom. The van der Waals surface area contributed by atoms with Crippen LogP contribution in [0, 0.1) is 0 Å².